The summed E-state index contributed by atoms with van der Waals surface area (Å²) in [4.78, 5) is 22.0. The number of carbonyl (C=O) groups is 2. The Balaban J connectivity index is 3.17. The van der Waals surface area contributed by atoms with E-state index in [1.54, 1.807) is 0 Å². The van der Waals surface area contributed by atoms with Gasteiger partial charge in [0, 0.05) is 12.2 Å². The average Bonchev–Trinajstić information content (AvgIpc) is 2.45. The Bertz CT molecular complexity index is 526. The molecule has 0 spiro atoms. The number of halogens is 2. The van der Waals surface area contributed by atoms with Crippen LogP contribution in [0.3, 0.4) is 0 Å². The highest BCUT2D eigenvalue weighted by molar-refractivity contribution is 5.90. The summed E-state index contributed by atoms with van der Waals surface area (Å²) in [6.45, 7) is 0. The quantitative estimate of drug-likeness (QED) is 0.628. The molecule has 1 aromatic carbocycles. The second-order valence-electron chi connectivity index (χ2n) is 3.61. The number of esters is 2. The maximum absolute atomic E-state index is 13.2. The van der Waals surface area contributed by atoms with Gasteiger partial charge in [0.15, 0.2) is 11.6 Å². The molecule has 0 aliphatic heterocycles. The molecule has 0 fully saturated rings. The first-order chi connectivity index (χ1) is 9.47. The van der Waals surface area contributed by atoms with Crippen molar-refractivity contribution in [3.05, 3.63) is 47.0 Å². The van der Waals surface area contributed by atoms with Crippen LogP contribution in [-0.2, 0) is 19.1 Å². The fraction of sp³-hybridized carbons (Fsp3) is 0.143. The number of hydrogen-bond acceptors (Lipinski definition) is 4. The van der Waals surface area contributed by atoms with Crippen molar-refractivity contribution in [2.45, 2.75) is 0 Å². The molecule has 1 rings (SSSR count). The highest BCUT2D eigenvalue weighted by Crippen LogP contribution is 2.18. The summed E-state index contributed by atoms with van der Waals surface area (Å²) in [5.41, 5.74) is 0.434. The fourth-order valence-electron chi connectivity index (χ4n) is 1.32. The van der Waals surface area contributed by atoms with E-state index in [1.807, 2.05) is 0 Å². The summed E-state index contributed by atoms with van der Waals surface area (Å²) < 4.78 is 35.2. The third-order valence-corrected chi connectivity index (χ3v) is 2.33. The minimum atomic E-state index is -1.07. The van der Waals surface area contributed by atoms with E-state index in [2.05, 4.69) is 9.47 Å². The zero-order chi connectivity index (χ0) is 15.1. The summed E-state index contributed by atoms with van der Waals surface area (Å²) in [5, 5.41) is 0. The molecule has 106 valence electrons. The van der Waals surface area contributed by atoms with Gasteiger partial charge in [0.2, 0.25) is 0 Å². The van der Waals surface area contributed by atoms with Gasteiger partial charge in [-0.3, -0.25) is 0 Å². The van der Waals surface area contributed by atoms with Crippen molar-refractivity contribution in [2.75, 3.05) is 14.2 Å². The molecular formula is C14H12F2O4. The maximum Gasteiger partial charge on any atom is 0.330 e. The van der Waals surface area contributed by atoms with E-state index in [0.717, 1.165) is 24.3 Å². The topological polar surface area (TPSA) is 52.6 Å². The Morgan fingerprint density at radius 2 is 1.25 bits per heavy atom. The molecule has 0 aliphatic rings. The predicted octanol–water partition coefficient (Wildman–Crippen LogP) is 2.34. The van der Waals surface area contributed by atoms with Crippen molar-refractivity contribution in [2.24, 2.45) is 0 Å². The summed E-state index contributed by atoms with van der Waals surface area (Å²) in [5.74, 6) is -3.41. The summed E-state index contributed by atoms with van der Waals surface area (Å²) in [7, 11) is 2.38. The van der Waals surface area contributed by atoms with Crippen molar-refractivity contribution >= 4 is 24.1 Å². The third-order valence-electron chi connectivity index (χ3n) is 2.33. The van der Waals surface area contributed by atoms with Gasteiger partial charge in [-0.25, -0.2) is 18.4 Å². The van der Waals surface area contributed by atoms with Gasteiger partial charge in [0.1, 0.15) is 0 Å². The van der Waals surface area contributed by atoms with Crippen molar-refractivity contribution in [3.8, 4) is 0 Å². The van der Waals surface area contributed by atoms with Gasteiger partial charge in [-0.1, -0.05) is 0 Å². The summed E-state index contributed by atoms with van der Waals surface area (Å²) in [6.07, 6.45) is 4.63. The molecule has 0 radical (unpaired) electrons. The van der Waals surface area contributed by atoms with Gasteiger partial charge < -0.3 is 9.47 Å². The Labute approximate surface area is 114 Å². The highest BCUT2D eigenvalue weighted by atomic mass is 19.2. The Kier molecular flexibility index (Phi) is 5.58. The predicted molar refractivity (Wildman–Crippen MR) is 68.5 cm³/mol. The molecule has 0 saturated heterocycles. The van der Waals surface area contributed by atoms with Crippen LogP contribution in [-0.4, -0.2) is 26.2 Å². The lowest BCUT2D eigenvalue weighted by atomic mass is 10.1. The summed E-state index contributed by atoms with van der Waals surface area (Å²) >= 11 is 0. The SMILES string of the molecule is COC(=O)C=Cc1cc(F)c(F)cc1C=CC(=O)OC. The smallest absolute Gasteiger partial charge is 0.330 e. The van der Waals surface area contributed by atoms with E-state index in [1.165, 1.54) is 26.4 Å². The van der Waals surface area contributed by atoms with Crippen LogP contribution in [0.15, 0.2) is 24.3 Å². The lowest BCUT2D eigenvalue weighted by molar-refractivity contribution is -0.135. The summed E-state index contributed by atoms with van der Waals surface area (Å²) in [6, 6.07) is 1.82. The normalized spacial score (nSPS) is 11.0. The highest BCUT2D eigenvalue weighted by Gasteiger charge is 2.07. The van der Waals surface area contributed by atoms with E-state index in [4.69, 9.17) is 0 Å². The molecule has 0 aliphatic carbocycles. The van der Waals surface area contributed by atoms with Gasteiger partial charge in [-0.05, 0) is 35.4 Å². The number of carbonyl (C=O) groups excluding carboxylic acids is 2. The lowest BCUT2D eigenvalue weighted by Crippen LogP contribution is -1.96. The van der Waals surface area contributed by atoms with Crippen molar-refractivity contribution in [1.29, 1.82) is 0 Å². The monoisotopic (exact) mass is 282 g/mol. The number of hydrogen-bond donors (Lipinski definition) is 0. The maximum atomic E-state index is 13.2. The molecule has 0 unspecified atom stereocenters. The molecule has 0 aromatic heterocycles. The molecular weight excluding hydrogens is 270 g/mol. The van der Waals surface area contributed by atoms with Crippen LogP contribution in [0.25, 0.3) is 12.2 Å². The molecule has 1 aromatic rings. The van der Waals surface area contributed by atoms with Gasteiger partial charge >= 0.3 is 11.9 Å². The second-order valence-corrected chi connectivity index (χ2v) is 3.61. The standard InChI is InChI=1S/C14H12F2O4/c1-19-13(17)5-3-9-7-11(15)12(16)8-10(9)4-6-14(18)20-2/h3-8H,1-2H3. The third kappa shape index (κ3) is 4.31. The lowest BCUT2D eigenvalue weighted by Gasteiger charge is -2.03. The van der Waals surface area contributed by atoms with E-state index in [-0.39, 0.29) is 11.1 Å². The number of benzene rings is 1. The fourth-order valence-corrected chi connectivity index (χ4v) is 1.32. The molecule has 0 amide bonds. The minimum Gasteiger partial charge on any atom is -0.466 e. The zero-order valence-corrected chi connectivity index (χ0v) is 10.9. The van der Waals surface area contributed by atoms with Gasteiger partial charge in [-0.2, -0.15) is 0 Å². The van der Waals surface area contributed by atoms with Crippen LogP contribution in [0.5, 0.6) is 0 Å². The molecule has 0 N–H and O–H groups in total. The molecule has 6 heteroatoms. The first kappa shape index (κ1) is 15.6. The molecule has 20 heavy (non-hydrogen) atoms. The molecule has 0 bridgehead atoms. The number of ether oxygens (including phenoxy) is 2. The van der Waals surface area contributed by atoms with Crippen molar-refractivity contribution in [1.82, 2.24) is 0 Å². The Morgan fingerprint density at radius 3 is 1.55 bits per heavy atom. The van der Waals surface area contributed by atoms with Gasteiger partial charge in [0.25, 0.3) is 0 Å². The van der Waals surface area contributed by atoms with Crippen molar-refractivity contribution in [3.63, 3.8) is 0 Å². The largest absolute Gasteiger partial charge is 0.466 e. The second kappa shape index (κ2) is 7.18. The minimum absolute atomic E-state index is 0.217. The van der Waals surface area contributed by atoms with E-state index in [9.17, 15) is 18.4 Å². The van der Waals surface area contributed by atoms with E-state index in [0.29, 0.717) is 0 Å². The van der Waals surface area contributed by atoms with Gasteiger partial charge in [-0.15, -0.1) is 0 Å². The zero-order valence-electron chi connectivity index (χ0n) is 10.9. The molecule has 0 atom stereocenters. The average molecular weight is 282 g/mol. The Morgan fingerprint density at radius 1 is 0.900 bits per heavy atom. The van der Waals surface area contributed by atoms with Crippen LogP contribution in [0.2, 0.25) is 0 Å². The first-order valence-corrected chi connectivity index (χ1v) is 5.49. The molecule has 0 saturated carbocycles. The van der Waals surface area contributed by atoms with E-state index < -0.39 is 23.6 Å². The van der Waals surface area contributed by atoms with Crippen LogP contribution in [0.4, 0.5) is 8.78 Å². The van der Waals surface area contributed by atoms with Crippen LogP contribution >= 0.6 is 0 Å². The van der Waals surface area contributed by atoms with Crippen LogP contribution < -0.4 is 0 Å². The van der Waals surface area contributed by atoms with Crippen molar-refractivity contribution < 1.29 is 27.8 Å². The Hall–Kier alpha value is -2.50. The van der Waals surface area contributed by atoms with Crippen LogP contribution in [0.1, 0.15) is 11.1 Å². The molecule has 0 heterocycles. The molecule has 4 nitrogen and oxygen atoms in total. The van der Waals surface area contributed by atoms with Gasteiger partial charge in [0.05, 0.1) is 14.2 Å². The van der Waals surface area contributed by atoms with E-state index >= 15 is 0 Å². The number of rotatable bonds is 4. The first-order valence-electron chi connectivity index (χ1n) is 5.49. The number of methoxy groups -OCH3 is 2. The van der Waals surface area contributed by atoms with Crippen LogP contribution in [0, 0.1) is 11.6 Å².